The molecule has 0 aromatic carbocycles. The first-order valence-corrected chi connectivity index (χ1v) is 9.33. The minimum atomic E-state index is -0.805. The number of nitrogens with zero attached hydrogens (tertiary/aromatic N) is 4. The summed E-state index contributed by atoms with van der Waals surface area (Å²) in [5.41, 5.74) is 0.673. The van der Waals surface area contributed by atoms with E-state index in [-0.39, 0.29) is 29.5 Å². The lowest BCUT2D eigenvalue weighted by molar-refractivity contribution is -0.157. The van der Waals surface area contributed by atoms with Crippen LogP contribution in [0.15, 0.2) is 29.0 Å². The first kappa shape index (κ1) is 18.3. The minimum absolute atomic E-state index is 0.125. The summed E-state index contributed by atoms with van der Waals surface area (Å²) in [4.78, 5) is 46.4. The third-order valence-electron chi connectivity index (χ3n) is 5.24. The molecule has 3 heterocycles. The van der Waals surface area contributed by atoms with E-state index in [2.05, 4.69) is 15.1 Å². The van der Waals surface area contributed by atoms with Crippen LogP contribution in [0.3, 0.4) is 0 Å². The Labute approximate surface area is 161 Å². The van der Waals surface area contributed by atoms with Crippen molar-refractivity contribution in [2.75, 3.05) is 6.54 Å². The number of imide groups is 1. The molecular weight excluding hydrogens is 364 g/mol. The molecule has 2 aliphatic rings. The van der Waals surface area contributed by atoms with E-state index in [1.54, 1.807) is 31.5 Å². The highest BCUT2D eigenvalue weighted by atomic mass is 16.6. The van der Waals surface area contributed by atoms with Crippen molar-refractivity contribution in [2.24, 2.45) is 11.8 Å². The first-order valence-electron chi connectivity index (χ1n) is 9.33. The molecule has 3 atom stereocenters. The van der Waals surface area contributed by atoms with E-state index < -0.39 is 18.6 Å². The summed E-state index contributed by atoms with van der Waals surface area (Å²) >= 11 is 0. The number of hydrogen-bond acceptors (Lipinski definition) is 8. The second-order valence-electron chi connectivity index (χ2n) is 7.09. The molecule has 4 rings (SSSR count). The number of rotatable bonds is 5. The molecule has 146 valence electrons. The quantitative estimate of drug-likeness (QED) is 0.567. The van der Waals surface area contributed by atoms with Crippen LogP contribution in [0.5, 0.6) is 0 Å². The molecule has 1 saturated heterocycles. The smallest absolute Gasteiger partial charge is 0.326 e. The molecule has 28 heavy (non-hydrogen) atoms. The van der Waals surface area contributed by atoms with E-state index in [1.807, 2.05) is 0 Å². The summed E-state index contributed by atoms with van der Waals surface area (Å²) in [6.45, 7) is 1.20. The second-order valence-corrected chi connectivity index (χ2v) is 7.09. The number of ether oxygens (including phenoxy) is 1. The molecule has 9 nitrogen and oxygen atoms in total. The molecule has 2 fully saturated rings. The molecule has 1 aliphatic heterocycles. The molecular formula is C19H20N4O5. The molecule has 2 aromatic rings. The standard InChI is InChI=1S/C19H20N4O5/c1-11(17-21-16(22-28-17)12-5-4-8-20-9-12)27-15(24)10-23-18(25)13-6-2-3-7-14(13)19(23)26/h4-5,8-9,11,13-14H,2-3,6-7,10H2,1H3. The predicted octanol–water partition coefficient (Wildman–Crippen LogP) is 1.91. The van der Waals surface area contributed by atoms with Gasteiger partial charge in [0.2, 0.25) is 17.6 Å². The van der Waals surface area contributed by atoms with Crippen molar-refractivity contribution in [1.29, 1.82) is 0 Å². The van der Waals surface area contributed by atoms with Gasteiger partial charge in [0.1, 0.15) is 6.54 Å². The summed E-state index contributed by atoms with van der Waals surface area (Å²) in [5, 5.41) is 3.86. The van der Waals surface area contributed by atoms with Crippen molar-refractivity contribution in [2.45, 2.75) is 38.7 Å². The Morgan fingerprint density at radius 2 is 2.00 bits per heavy atom. The van der Waals surface area contributed by atoms with E-state index in [0.717, 1.165) is 17.7 Å². The van der Waals surface area contributed by atoms with Crippen molar-refractivity contribution in [3.63, 3.8) is 0 Å². The normalized spacial score (nSPS) is 22.8. The molecule has 0 N–H and O–H groups in total. The lowest BCUT2D eigenvalue weighted by atomic mass is 9.81. The molecule has 9 heteroatoms. The number of amides is 2. The van der Waals surface area contributed by atoms with Gasteiger partial charge in [0, 0.05) is 18.0 Å². The maximum absolute atomic E-state index is 12.5. The maximum atomic E-state index is 12.5. The van der Waals surface area contributed by atoms with Gasteiger partial charge in [0.25, 0.3) is 5.89 Å². The molecule has 3 unspecified atom stereocenters. The number of carbonyl (C=O) groups excluding carboxylic acids is 3. The highest BCUT2D eigenvalue weighted by Gasteiger charge is 2.48. The van der Waals surface area contributed by atoms with Crippen LogP contribution in [0.4, 0.5) is 0 Å². The molecule has 2 amide bonds. The topological polar surface area (TPSA) is 115 Å². The summed E-state index contributed by atoms with van der Waals surface area (Å²) in [6, 6.07) is 3.53. The average molecular weight is 384 g/mol. The van der Waals surface area contributed by atoms with Gasteiger partial charge in [-0.2, -0.15) is 4.98 Å². The average Bonchev–Trinajstić information content (AvgIpc) is 3.29. The number of likely N-dealkylation sites (tertiary alicyclic amines) is 1. The fourth-order valence-corrected chi connectivity index (χ4v) is 3.81. The van der Waals surface area contributed by atoms with E-state index in [9.17, 15) is 14.4 Å². The number of aromatic nitrogens is 3. The van der Waals surface area contributed by atoms with Crippen LogP contribution >= 0.6 is 0 Å². The number of pyridine rings is 1. The zero-order valence-corrected chi connectivity index (χ0v) is 15.4. The molecule has 0 bridgehead atoms. The molecule has 1 aliphatic carbocycles. The number of hydrogen-bond donors (Lipinski definition) is 0. The first-order chi connectivity index (χ1) is 13.5. The molecule has 1 saturated carbocycles. The van der Waals surface area contributed by atoms with Crippen molar-refractivity contribution < 1.29 is 23.6 Å². The molecule has 0 radical (unpaired) electrons. The summed E-state index contributed by atoms with van der Waals surface area (Å²) in [7, 11) is 0. The SMILES string of the molecule is CC(OC(=O)CN1C(=O)C2CCCCC2C1=O)c1nc(-c2cccnc2)no1. The van der Waals surface area contributed by atoms with Crippen LogP contribution in [0.1, 0.15) is 44.6 Å². The van der Waals surface area contributed by atoms with Gasteiger partial charge < -0.3 is 9.26 Å². The fourth-order valence-electron chi connectivity index (χ4n) is 3.81. The van der Waals surface area contributed by atoms with Crippen LogP contribution < -0.4 is 0 Å². The Hall–Kier alpha value is -3.10. The van der Waals surface area contributed by atoms with Crippen LogP contribution in [-0.2, 0) is 19.1 Å². The Morgan fingerprint density at radius 1 is 1.29 bits per heavy atom. The van der Waals surface area contributed by atoms with E-state index in [0.29, 0.717) is 24.2 Å². The third-order valence-corrected chi connectivity index (χ3v) is 5.24. The zero-order chi connectivity index (χ0) is 19.7. The van der Waals surface area contributed by atoms with Crippen LogP contribution in [0.25, 0.3) is 11.4 Å². The van der Waals surface area contributed by atoms with Crippen molar-refractivity contribution in [3.05, 3.63) is 30.4 Å². The van der Waals surface area contributed by atoms with Gasteiger partial charge in [-0.25, -0.2) is 0 Å². The largest absolute Gasteiger partial charge is 0.451 e. The third kappa shape index (κ3) is 3.39. The van der Waals surface area contributed by atoms with E-state index >= 15 is 0 Å². The predicted molar refractivity (Wildman–Crippen MR) is 94.2 cm³/mol. The van der Waals surface area contributed by atoms with Crippen molar-refractivity contribution >= 4 is 17.8 Å². The van der Waals surface area contributed by atoms with Gasteiger partial charge in [0.15, 0.2) is 6.10 Å². The lowest BCUT2D eigenvalue weighted by Gasteiger charge is -2.19. The Morgan fingerprint density at radius 3 is 2.64 bits per heavy atom. The number of esters is 1. The number of carbonyl (C=O) groups is 3. The van der Waals surface area contributed by atoms with Crippen LogP contribution in [0.2, 0.25) is 0 Å². The van der Waals surface area contributed by atoms with Crippen molar-refractivity contribution in [3.8, 4) is 11.4 Å². The Balaban J connectivity index is 1.38. The van der Waals surface area contributed by atoms with Gasteiger partial charge in [-0.3, -0.25) is 24.3 Å². The monoisotopic (exact) mass is 384 g/mol. The molecule has 0 spiro atoms. The lowest BCUT2D eigenvalue weighted by Crippen LogP contribution is -2.37. The Bertz CT molecular complexity index is 873. The maximum Gasteiger partial charge on any atom is 0.326 e. The van der Waals surface area contributed by atoms with E-state index in [4.69, 9.17) is 9.26 Å². The van der Waals surface area contributed by atoms with Crippen LogP contribution in [0, 0.1) is 11.8 Å². The van der Waals surface area contributed by atoms with E-state index in [1.165, 1.54) is 0 Å². The molecule has 2 aromatic heterocycles. The van der Waals surface area contributed by atoms with Gasteiger partial charge in [-0.1, -0.05) is 18.0 Å². The van der Waals surface area contributed by atoms with Gasteiger partial charge in [0.05, 0.1) is 11.8 Å². The highest BCUT2D eigenvalue weighted by molar-refractivity contribution is 6.07. The summed E-state index contributed by atoms with van der Waals surface area (Å²) in [6.07, 6.45) is 5.70. The zero-order valence-electron chi connectivity index (χ0n) is 15.4. The van der Waals surface area contributed by atoms with Gasteiger partial charge in [-0.05, 0) is 31.9 Å². The van der Waals surface area contributed by atoms with Crippen LogP contribution in [-0.4, -0.2) is 44.4 Å². The Kier molecular flexibility index (Phi) is 4.89. The summed E-state index contributed by atoms with van der Waals surface area (Å²) < 4.78 is 10.5. The van der Waals surface area contributed by atoms with Crippen molar-refractivity contribution in [1.82, 2.24) is 20.0 Å². The highest BCUT2D eigenvalue weighted by Crippen LogP contribution is 2.38. The van der Waals surface area contributed by atoms with Gasteiger partial charge in [-0.15, -0.1) is 0 Å². The minimum Gasteiger partial charge on any atom is -0.451 e. The summed E-state index contributed by atoms with van der Waals surface area (Å²) in [5.74, 6) is -1.34. The van der Waals surface area contributed by atoms with Gasteiger partial charge >= 0.3 is 5.97 Å². The fraction of sp³-hybridized carbons (Fsp3) is 0.474. The second kappa shape index (κ2) is 7.49. The number of fused-ring (bicyclic) bond motifs is 1.